The first-order valence-electron chi connectivity index (χ1n) is 9.26. The monoisotopic (exact) mass is 466 g/mol. The third-order valence-corrected chi connectivity index (χ3v) is 8.33. The number of fused-ring (bicyclic) bond motifs is 1. The fraction of sp³-hybridized carbons (Fsp3) is 0.316. The molecule has 0 spiro atoms. The van der Waals surface area contributed by atoms with E-state index in [9.17, 15) is 17.6 Å². The summed E-state index contributed by atoms with van der Waals surface area (Å²) < 4.78 is 48.7. The predicted octanol–water partition coefficient (Wildman–Crippen LogP) is 2.60. The molecule has 158 valence electrons. The molecule has 2 heterocycles. The molecule has 0 radical (unpaired) electrons. The number of amides is 1. The molecule has 1 saturated heterocycles. The van der Waals surface area contributed by atoms with E-state index >= 15 is 0 Å². The van der Waals surface area contributed by atoms with Crippen LogP contribution in [0.3, 0.4) is 0 Å². The third kappa shape index (κ3) is 4.48. The number of rotatable bonds is 6. The van der Waals surface area contributed by atoms with E-state index in [4.69, 9.17) is 0 Å². The predicted molar refractivity (Wildman–Crippen MR) is 115 cm³/mol. The Labute approximate surface area is 182 Å². The normalized spacial score (nSPS) is 15.6. The second-order valence-electron chi connectivity index (χ2n) is 6.79. The Morgan fingerprint density at radius 3 is 2.53 bits per heavy atom. The van der Waals surface area contributed by atoms with E-state index in [0.29, 0.717) is 35.6 Å². The molecule has 1 fully saturated rings. The maximum Gasteiger partial charge on any atom is 0.245 e. The van der Waals surface area contributed by atoms with Crippen molar-refractivity contribution in [2.24, 2.45) is 0 Å². The van der Waals surface area contributed by atoms with Gasteiger partial charge in [0, 0.05) is 31.9 Å². The molecule has 0 aliphatic carbocycles. The summed E-state index contributed by atoms with van der Waals surface area (Å²) in [5.74, 6) is 0.611. The Hall–Kier alpha value is -2.08. The zero-order valence-electron chi connectivity index (χ0n) is 15.9. The first kappa shape index (κ1) is 21.2. The van der Waals surface area contributed by atoms with Gasteiger partial charge in [-0.25, -0.2) is 12.8 Å². The fourth-order valence-electron chi connectivity index (χ4n) is 3.23. The standard InChI is InChI=1S/C19H19FN4O3S3/c20-15-6-4-14(5-7-15)12-28-13-18(25)23-8-10-24(11-9-23)30(26,27)17-3-1-2-16-19(17)22-29-21-16/h1-7H,8-13H2. The van der Waals surface area contributed by atoms with E-state index in [2.05, 4.69) is 8.75 Å². The zero-order chi connectivity index (χ0) is 21.1. The number of carbonyl (C=O) groups excluding carboxylic acids is 1. The van der Waals surface area contributed by atoms with E-state index in [0.717, 1.165) is 17.3 Å². The number of aromatic nitrogens is 2. The summed E-state index contributed by atoms with van der Waals surface area (Å²) in [5, 5.41) is 0. The van der Waals surface area contributed by atoms with Crippen molar-refractivity contribution in [3.05, 3.63) is 53.8 Å². The lowest BCUT2D eigenvalue weighted by Gasteiger charge is -2.34. The molecule has 0 N–H and O–H groups in total. The quantitative estimate of drug-likeness (QED) is 0.555. The molecule has 0 bridgehead atoms. The maximum absolute atomic E-state index is 13.1. The van der Waals surface area contributed by atoms with Crippen LogP contribution in [0, 0.1) is 5.82 Å². The first-order valence-corrected chi connectivity index (χ1v) is 12.6. The highest BCUT2D eigenvalue weighted by Gasteiger charge is 2.31. The van der Waals surface area contributed by atoms with Crippen molar-refractivity contribution in [2.45, 2.75) is 10.6 Å². The summed E-state index contributed by atoms with van der Waals surface area (Å²) in [4.78, 5) is 14.3. The molecule has 1 aliphatic heterocycles. The highest BCUT2D eigenvalue weighted by atomic mass is 32.2. The van der Waals surface area contributed by atoms with Gasteiger partial charge in [0.2, 0.25) is 15.9 Å². The molecule has 1 aromatic heterocycles. The minimum absolute atomic E-state index is 0.0232. The molecule has 30 heavy (non-hydrogen) atoms. The lowest BCUT2D eigenvalue weighted by atomic mass is 10.2. The molecule has 2 aromatic carbocycles. The number of benzene rings is 2. The summed E-state index contributed by atoms with van der Waals surface area (Å²) in [6.45, 7) is 1.18. The number of thioether (sulfide) groups is 1. The SMILES string of the molecule is O=C(CSCc1ccc(F)cc1)N1CCN(S(=O)(=O)c2cccc3nsnc23)CC1. The van der Waals surface area contributed by atoms with Crippen molar-refractivity contribution in [1.82, 2.24) is 18.0 Å². The second kappa shape index (κ2) is 8.96. The van der Waals surface area contributed by atoms with Crippen LogP contribution in [-0.2, 0) is 20.6 Å². The second-order valence-corrected chi connectivity index (χ2v) is 10.2. The number of piperazine rings is 1. The van der Waals surface area contributed by atoms with Crippen LogP contribution < -0.4 is 0 Å². The molecular formula is C19H19FN4O3S3. The lowest BCUT2D eigenvalue weighted by Crippen LogP contribution is -2.51. The Morgan fingerprint density at radius 2 is 1.80 bits per heavy atom. The van der Waals surface area contributed by atoms with Gasteiger partial charge in [-0.3, -0.25) is 4.79 Å². The number of carbonyl (C=O) groups is 1. The van der Waals surface area contributed by atoms with Gasteiger partial charge in [0.25, 0.3) is 0 Å². The summed E-state index contributed by atoms with van der Waals surface area (Å²) >= 11 is 2.44. The lowest BCUT2D eigenvalue weighted by molar-refractivity contribution is -0.129. The molecule has 3 aromatic rings. The Morgan fingerprint density at radius 1 is 1.07 bits per heavy atom. The maximum atomic E-state index is 13.1. The van der Waals surface area contributed by atoms with Crippen molar-refractivity contribution in [3.63, 3.8) is 0 Å². The smallest absolute Gasteiger partial charge is 0.245 e. The van der Waals surface area contributed by atoms with Gasteiger partial charge in [-0.2, -0.15) is 13.1 Å². The van der Waals surface area contributed by atoms with Crippen molar-refractivity contribution < 1.29 is 17.6 Å². The summed E-state index contributed by atoms with van der Waals surface area (Å²) in [6.07, 6.45) is 0. The fourth-order valence-corrected chi connectivity index (χ4v) is 6.30. The van der Waals surface area contributed by atoms with Gasteiger partial charge in [0.1, 0.15) is 21.7 Å². The van der Waals surface area contributed by atoms with Crippen LogP contribution in [0.25, 0.3) is 11.0 Å². The van der Waals surface area contributed by atoms with Gasteiger partial charge in [0.15, 0.2) is 0 Å². The zero-order valence-corrected chi connectivity index (χ0v) is 18.3. The van der Waals surface area contributed by atoms with Crippen LogP contribution in [0.2, 0.25) is 0 Å². The van der Waals surface area contributed by atoms with Crippen molar-refractivity contribution in [1.29, 1.82) is 0 Å². The minimum atomic E-state index is -3.70. The van der Waals surface area contributed by atoms with Gasteiger partial charge in [-0.15, -0.1) is 11.8 Å². The number of nitrogens with zero attached hydrogens (tertiary/aromatic N) is 4. The van der Waals surface area contributed by atoms with Gasteiger partial charge in [-0.1, -0.05) is 18.2 Å². The largest absolute Gasteiger partial charge is 0.339 e. The van der Waals surface area contributed by atoms with Crippen LogP contribution in [0.4, 0.5) is 4.39 Å². The van der Waals surface area contributed by atoms with Crippen molar-refractivity contribution in [3.8, 4) is 0 Å². The molecule has 0 atom stereocenters. The minimum Gasteiger partial charge on any atom is -0.339 e. The number of hydrogen-bond donors (Lipinski definition) is 0. The van der Waals surface area contributed by atoms with Crippen LogP contribution >= 0.6 is 23.5 Å². The average molecular weight is 467 g/mol. The Bertz CT molecular complexity index is 1140. The van der Waals surface area contributed by atoms with Gasteiger partial charge in [-0.05, 0) is 29.8 Å². The summed E-state index contributed by atoms with van der Waals surface area (Å²) in [7, 11) is -3.70. The molecule has 0 unspecified atom stereocenters. The summed E-state index contributed by atoms with van der Waals surface area (Å²) in [6, 6.07) is 11.2. The van der Waals surface area contributed by atoms with Gasteiger partial charge in [0.05, 0.1) is 17.5 Å². The molecular weight excluding hydrogens is 447 g/mol. The topological polar surface area (TPSA) is 83.5 Å². The van der Waals surface area contributed by atoms with Crippen LogP contribution in [0.15, 0.2) is 47.4 Å². The summed E-state index contributed by atoms with van der Waals surface area (Å²) in [5.41, 5.74) is 1.90. The highest BCUT2D eigenvalue weighted by Crippen LogP contribution is 2.25. The number of hydrogen-bond acceptors (Lipinski definition) is 7. The van der Waals surface area contributed by atoms with E-state index in [1.165, 1.54) is 28.2 Å². The molecule has 7 nitrogen and oxygen atoms in total. The molecule has 0 saturated carbocycles. The van der Waals surface area contributed by atoms with E-state index < -0.39 is 10.0 Å². The molecule has 4 rings (SSSR count). The number of halogens is 1. The molecule has 11 heteroatoms. The van der Waals surface area contributed by atoms with Crippen molar-refractivity contribution >= 4 is 50.5 Å². The van der Waals surface area contributed by atoms with Crippen LogP contribution in [-0.4, -0.2) is 64.2 Å². The molecule has 1 amide bonds. The average Bonchev–Trinajstić information content (AvgIpc) is 3.24. The number of sulfonamides is 1. The van der Waals surface area contributed by atoms with Gasteiger partial charge >= 0.3 is 0 Å². The van der Waals surface area contributed by atoms with Crippen LogP contribution in [0.1, 0.15) is 5.56 Å². The van der Waals surface area contributed by atoms with Gasteiger partial charge < -0.3 is 4.90 Å². The Balaban J connectivity index is 1.32. The first-order chi connectivity index (χ1) is 14.4. The highest BCUT2D eigenvalue weighted by molar-refractivity contribution is 7.99. The molecule has 1 aliphatic rings. The van der Waals surface area contributed by atoms with Crippen molar-refractivity contribution in [2.75, 3.05) is 31.9 Å². The van der Waals surface area contributed by atoms with E-state index in [-0.39, 0.29) is 29.7 Å². The van der Waals surface area contributed by atoms with E-state index in [1.54, 1.807) is 35.2 Å². The Kier molecular flexibility index (Phi) is 6.32. The third-order valence-electron chi connectivity index (χ3n) is 4.87. The van der Waals surface area contributed by atoms with Crippen LogP contribution in [0.5, 0.6) is 0 Å². The van der Waals surface area contributed by atoms with E-state index in [1.807, 2.05) is 0 Å².